The molecule has 3 aromatic carbocycles. The van der Waals surface area contributed by atoms with Gasteiger partial charge < -0.3 is 14.4 Å². The number of nitrogens with zero attached hydrogens (tertiary/aromatic N) is 7. The van der Waals surface area contributed by atoms with Crippen molar-refractivity contribution in [2.45, 2.75) is 63.3 Å². The maximum absolute atomic E-state index is 17.3. The molecule has 7 rings (SSSR count). The van der Waals surface area contributed by atoms with Gasteiger partial charge in [-0.15, -0.1) is 0 Å². The van der Waals surface area contributed by atoms with Crippen molar-refractivity contribution in [1.82, 2.24) is 24.6 Å². The topological polar surface area (TPSA) is 120 Å². The summed E-state index contributed by atoms with van der Waals surface area (Å²) >= 11 is 7.03. The van der Waals surface area contributed by atoms with Crippen LogP contribution in [-0.4, -0.2) is 82.5 Å². The highest BCUT2D eigenvalue weighted by molar-refractivity contribution is 6.35. The lowest BCUT2D eigenvalue weighted by atomic mass is 9.93. The number of fused-ring (bicyclic) bond motifs is 4. The molecule has 52 heavy (non-hydrogen) atoms. The van der Waals surface area contributed by atoms with Crippen LogP contribution >= 0.6 is 11.6 Å². The molecule has 266 valence electrons. The fraction of sp³-hybridized carbons (Fsp3) is 0.375. The molecule has 5 aromatic rings. The molecular formula is C40H39ClFN7O3. The maximum Gasteiger partial charge on any atom is 0.246 e. The third kappa shape index (κ3) is 6.34. The van der Waals surface area contributed by atoms with Gasteiger partial charge in [0.25, 0.3) is 0 Å². The van der Waals surface area contributed by atoms with E-state index < -0.39 is 5.82 Å². The van der Waals surface area contributed by atoms with E-state index in [0.29, 0.717) is 58.8 Å². The first kappa shape index (κ1) is 35.3. The van der Waals surface area contributed by atoms with E-state index in [1.54, 1.807) is 48.5 Å². The summed E-state index contributed by atoms with van der Waals surface area (Å²) < 4.78 is 30.8. The number of halogens is 2. The Morgan fingerprint density at radius 1 is 1.17 bits per heavy atom. The maximum atomic E-state index is 17.3. The molecule has 2 fully saturated rings. The Labute approximate surface area is 306 Å². The molecule has 10 nitrogen and oxygen atoms in total. The predicted molar refractivity (Wildman–Crippen MR) is 198 cm³/mol. The van der Waals surface area contributed by atoms with Crippen molar-refractivity contribution in [3.63, 3.8) is 0 Å². The zero-order valence-corrected chi connectivity index (χ0v) is 30.1. The number of methoxy groups -OCH3 is 1. The van der Waals surface area contributed by atoms with Crippen molar-refractivity contribution >= 4 is 50.1 Å². The summed E-state index contributed by atoms with van der Waals surface area (Å²) in [4.78, 5) is 22.0. The highest BCUT2D eigenvalue weighted by Gasteiger charge is 2.35. The van der Waals surface area contributed by atoms with E-state index >= 15 is 4.39 Å². The number of carbonyl (C=O) groups excluding carboxylic acids is 1. The van der Waals surface area contributed by atoms with Crippen LogP contribution in [0.15, 0.2) is 60.8 Å². The number of aromatic nitrogens is 3. The molecule has 1 unspecified atom stereocenters. The van der Waals surface area contributed by atoms with Gasteiger partial charge in [0.15, 0.2) is 5.82 Å². The van der Waals surface area contributed by atoms with Gasteiger partial charge >= 0.3 is 0 Å². The largest absolute Gasteiger partial charge is 0.472 e. The van der Waals surface area contributed by atoms with Gasteiger partial charge in [-0.2, -0.15) is 15.6 Å². The lowest BCUT2D eigenvalue weighted by Gasteiger charge is -2.38. The van der Waals surface area contributed by atoms with Gasteiger partial charge in [-0.25, -0.2) is 9.37 Å². The van der Waals surface area contributed by atoms with Crippen LogP contribution in [0.5, 0.6) is 5.88 Å². The monoisotopic (exact) mass is 719 g/mol. The molecule has 4 atom stereocenters. The lowest BCUT2D eigenvalue weighted by Crippen LogP contribution is -2.46. The Morgan fingerprint density at radius 2 is 1.98 bits per heavy atom. The van der Waals surface area contributed by atoms with Gasteiger partial charge in [0.2, 0.25) is 11.8 Å². The van der Waals surface area contributed by atoms with E-state index in [-0.39, 0.29) is 58.5 Å². The van der Waals surface area contributed by atoms with E-state index in [9.17, 15) is 15.3 Å². The number of rotatable bonds is 9. The molecule has 0 aliphatic carbocycles. The van der Waals surface area contributed by atoms with Crippen molar-refractivity contribution in [3.05, 3.63) is 77.2 Å². The van der Waals surface area contributed by atoms with Crippen molar-refractivity contribution < 1.29 is 18.7 Å². The number of likely N-dealkylation sites (N-methyl/N-ethyl adjacent to an activating group) is 1. The van der Waals surface area contributed by atoms with Crippen LogP contribution in [0.3, 0.4) is 0 Å². The average molecular weight is 720 g/mol. The second kappa shape index (κ2) is 14.9. The molecule has 12 heteroatoms. The molecule has 0 spiro atoms. The van der Waals surface area contributed by atoms with Crippen molar-refractivity contribution in [2.24, 2.45) is 0 Å². The number of ether oxygens (including phenoxy) is 2. The summed E-state index contributed by atoms with van der Waals surface area (Å²) in [6.07, 6.45) is 7.84. The number of hydrogen-bond acceptors (Lipinski definition) is 8. The normalized spacial score (nSPS) is 20.1. The minimum atomic E-state index is -0.626. The molecule has 0 saturated carbocycles. The molecule has 1 amide bonds. The molecule has 2 aliphatic rings. The molecule has 0 N–H and O–H groups in total. The van der Waals surface area contributed by atoms with Crippen LogP contribution in [0, 0.1) is 28.5 Å². The number of hydrogen-bond donors (Lipinski definition) is 0. The van der Waals surface area contributed by atoms with Gasteiger partial charge in [-0.05, 0) is 69.3 Å². The first-order chi connectivity index (χ1) is 25.2. The van der Waals surface area contributed by atoms with Crippen LogP contribution in [-0.2, 0) is 9.53 Å². The van der Waals surface area contributed by atoms with Gasteiger partial charge in [0, 0.05) is 48.2 Å². The van der Waals surface area contributed by atoms with Crippen molar-refractivity contribution in [1.29, 1.82) is 10.5 Å². The standard InChI is InChI=1S/C40H39ClFN7O3/c1-24(33-12-6-17-47(33)2)52-40-31-23-45-49(28-15-18-48(27(20-28)14-16-43)34(50)13-7-19-51-3)39(31)30-21-32(41)36(37(42)38(30)46-40)29-11-5-9-25-8-4-10-26(22-44)35(25)29/h4-5,7-11,13,21,23-24,27-28,33H,6,12,14-15,17-20H2,1-3H3/b13-7+/t24-,27+,28-,33?/m0/s1. The van der Waals surface area contributed by atoms with Gasteiger partial charge in [-0.3, -0.25) is 14.4 Å². The molecule has 2 aromatic heterocycles. The first-order valence-electron chi connectivity index (χ1n) is 17.6. The zero-order valence-electron chi connectivity index (χ0n) is 29.4. The summed E-state index contributed by atoms with van der Waals surface area (Å²) in [6.45, 7) is 3.70. The van der Waals surface area contributed by atoms with E-state index in [4.69, 9.17) is 31.2 Å². The minimum Gasteiger partial charge on any atom is -0.472 e. The number of nitriles is 2. The van der Waals surface area contributed by atoms with Crippen LogP contribution in [0.2, 0.25) is 5.02 Å². The summed E-state index contributed by atoms with van der Waals surface area (Å²) in [5.74, 6) is -0.529. The predicted octanol–water partition coefficient (Wildman–Crippen LogP) is 7.58. The third-order valence-electron chi connectivity index (χ3n) is 10.6. The van der Waals surface area contributed by atoms with Crippen molar-refractivity contribution in [3.8, 4) is 29.1 Å². The number of carbonyl (C=O) groups is 1. The number of amides is 1. The highest BCUT2D eigenvalue weighted by Crippen LogP contribution is 2.44. The number of pyridine rings is 1. The smallest absolute Gasteiger partial charge is 0.246 e. The molecule has 0 bridgehead atoms. The second-order valence-corrected chi connectivity index (χ2v) is 14.0. The SMILES string of the molecule is COC/C=C/C(=O)N1CC[C@H](n2ncc3c(O[C@@H](C)C4CCCN4C)nc4c(F)c(-c5cccc6cccc(C#N)c56)c(Cl)cc4c32)C[C@H]1CC#N. The molecular weight excluding hydrogens is 681 g/mol. The second-order valence-electron chi connectivity index (χ2n) is 13.6. The summed E-state index contributed by atoms with van der Waals surface area (Å²) in [5.41, 5.74) is 1.75. The number of benzene rings is 3. The van der Waals surface area contributed by atoms with Gasteiger partial charge in [0.1, 0.15) is 11.6 Å². The van der Waals surface area contributed by atoms with Gasteiger partial charge in [-0.1, -0.05) is 48.0 Å². The summed E-state index contributed by atoms with van der Waals surface area (Å²) in [6, 6.07) is 16.7. The first-order valence-corrected chi connectivity index (χ1v) is 17.9. The third-order valence-corrected chi connectivity index (χ3v) is 10.9. The highest BCUT2D eigenvalue weighted by atomic mass is 35.5. The Balaban J connectivity index is 1.39. The van der Waals surface area contributed by atoms with Crippen LogP contribution in [0.1, 0.15) is 50.6 Å². The van der Waals surface area contributed by atoms with Gasteiger partial charge in [0.05, 0.1) is 58.9 Å². The average Bonchev–Trinajstić information content (AvgIpc) is 3.79. The van der Waals surface area contributed by atoms with E-state index in [1.165, 1.54) is 6.08 Å². The number of likely N-dealkylation sites (tertiary alicyclic amines) is 2. The Kier molecular flexibility index (Phi) is 10.1. The number of piperidine rings is 1. The van der Waals surface area contributed by atoms with Crippen LogP contribution in [0.25, 0.3) is 43.7 Å². The van der Waals surface area contributed by atoms with E-state index in [0.717, 1.165) is 24.8 Å². The summed E-state index contributed by atoms with van der Waals surface area (Å²) in [5, 5.41) is 27.2. The Hall–Kier alpha value is -5.07. The van der Waals surface area contributed by atoms with Crippen LogP contribution < -0.4 is 4.74 Å². The van der Waals surface area contributed by atoms with E-state index in [2.05, 4.69) is 24.1 Å². The molecule has 0 radical (unpaired) electrons. The summed E-state index contributed by atoms with van der Waals surface area (Å²) in [7, 11) is 3.64. The van der Waals surface area contributed by atoms with E-state index in [1.807, 2.05) is 29.8 Å². The Bertz CT molecular complexity index is 2290. The van der Waals surface area contributed by atoms with Crippen molar-refractivity contribution in [2.75, 3.05) is 33.9 Å². The lowest BCUT2D eigenvalue weighted by molar-refractivity contribution is -0.130. The Morgan fingerprint density at radius 3 is 2.71 bits per heavy atom. The zero-order chi connectivity index (χ0) is 36.5. The molecule has 2 aliphatic heterocycles. The minimum absolute atomic E-state index is 0.0755. The fourth-order valence-electron chi connectivity index (χ4n) is 8.07. The fourth-order valence-corrected chi connectivity index (χ4v) is 8.36. The van der Waals surface area contributed by atoms with Crippen LogP contribution in [0.4, 0.5) is 4.39 Å². The molecule has 4 heterocycles. The molecule has 2 saturated heterocycles. The quantitative estimate of drug-likeness (QED) is 0.143.